The number of hydrogen-bond acceptors (Lipinski definition) is 4. The molecule has 4 nitrogen and oxygen atoms in total. The van der Waals surface area contributed by atoms with Gasteiger partial charge in [-0.05, 0) is 0 Å². The first-order valence-corrected chi connectivity index (χ1v) is 51.3. The Labute approximate surface area is 222 Å². The van der Waals surface area contributed by atoms with Crippen molar-refractivity contribution in [2.24, 2.45) is 0 Å². The van der Waals surface area contributed by atoms with Crippen LogP contribution in [0.15, 0.2) is 0 Å². The van der Waals surface area contributed by atoms with Gasteiger partial charge >= 0.3 is 227 Å². The molecule has 26 heavy (non-hydrogen) atoms. The second kappa shape index (κ2) is 20.4. The van der Waals surface area contributed by atoms with Crippen LogP contribution in [0.4, 0.5) is 0 Å². The summed E-state index contributed by atoms with van der Waals surface area (Å²) in [6.07, 6.45) is 0.325. The molecule has 0 radical (unpaired) electrons. The van der Waals surface area contributed by atoms with Crippen molar-refractivity contribution in [3.63, 3.8) is 0 Å². The van der Waals surface area contributed by atoms with Crippen LogP contribution in [-0.2, 0) is 112 Å². The predicted octanol–water partition coefficient (Wildman–Crippen LogP) is 5.43. The molecular weight excluding hydrogens is 1180 g/mol. The van der Waals surface area contributed by atoms with Gasteiger partial charge in [0.25, 0.3) is 0 Å². The fourth-order valence-electron chi connectivity index (χ4n) is 2.71. The molecule has 0 aromatic carbocycles. The molecular formula is C14H28Cl4Hg4O4. The van der Waals surface area contributed by atoms with Crippen molar-refractivity contribution in [2.75, 3.05) is 28.4 Å². The third-order valence-corrected chi connectivity index (χ3v) is 26.9. The predicted molar refractivity (Wildman–Crippen MR) is 95.1 cm³/mol. The Morgan fingerprint density at radius 1 is 0.654 bits per heavy atom. The van der Waals surface area contributed by atoms with Crippen molar-refractivity contribution in [3.05, 3.63) is 0 Å². The Balaban J connectivity index is 0. The van der Waals surface area contributed by atoms with Gasteiger partial charge in [-0.15, -0.1) is 0 Å². The average Bonchev–Trinajstić information content (AvgIpc) is 2.64. The summed E-state index contributed by atoms with van der Waals surface area (Å²) in [6, 6.07) is 0. The number of ether oxygens (including phenoxy) is 4. The van der Waals surface area contributed by atoms with Crippen LogP contribution in [-0.4, -0.2) is 51.8 Å². The summed E-state index contributed by atoms with van der Waals surface area (Å²) in [5, 5.41) is 0. The zero-order valence-corrected chi connectivity index (χ0v) is 42.0. The van der Waals surface area contributed by atoms with Gasteiger partial charge in [0.2, 0.25) is 0 Å². The van der Waals surface area contributed by atoms with Crippen LogP contribution in [0.25, 0.3) is 0 Å². The van der Waals surface area contributed by atoms with E-state index in [0.29, 0.717) is 0 Å². The molecule has 0 aliphatic heterocycles. The van der Waals surface area contributed by atoms with Crippen LogP contribution in [0, 0.1) is 0 Å². The zero-order valence-electron chi connectivity index (χ0n) is 17.0. The summed E-state index contributed by atoms with van der Waals surface area (Å²) in [7, 11) is 30.6. The normalized spacial score (nSPS) is 17.0. The number of hydrogen-bond donors (Lipinski definition) is 0. The van der Waals surface area contributed by atoms with Crippen LogP contribution < -0.4 is 0 Å². The summed E-state index contributed by atoms with van der Waals surface area (Å²) >= 11 is -4.69. The molecule has 0 spiro atoms. The molecule has 144 valence electrons. The van der Waals surface area contributed by atoms with Gasteiger partial charge in [-0.25, -0.2) is 0 Å². The monoisotopic (exact) mass is 1210 g/mol. The standard InChI is InChI=1S/2C7H14O2.4ClH.4Hg/c2*1-6(8-4)7(2,3)9-5;;;;;;;;/h2*6H,1-2H2,3-5H3;4*1H;;;;/q;;;;;;4*+1/p-4. The second-order valence-electron chi connectivity index (χ2n) is 6.32. The Hall–Kier alpha value is 4.74. The van der Waals surface area contributed by atoms with Gasteiger partial charge in [0.05, 0.1) is 0 Å². The van der Waals surface area contributed by atoms with E-state index < -0.39 is 93.4 Å². The van der Waals surface area contributed by atoms with E-state index in [1.54, 1.807) is 28.4 Å². The molecule has 0 aliphatic carbocycles. The number of halogens is 4. The molecule has 0 heterocycles. The molecule has 4 atom stereocenters. The van der Waals surface area contributed by atoms with Crippen molar-refractivity contribution in [1.82, 2.24) is 0 Å². The minimum atomic E-state index is -1.19. The Morgan fingerprint density at radius 2 is 0.962 bits per heavy atom. The second-order valence-corrected chi connectivity index (χ2v) is 33.8. The van der Waals surface area contributed by atoms with E-state index in [0.717, 1.165) is 15.7 Å². The van der Waals surface area contributed by atoms with E-state index in [9.17, 15) is 0 Å². The van der Waals surface area contributed by atoms with E-state index >= 15 is 0 Å². The Bertz CT molecular complexity index is 309. The summed E-state index contributed by atoms with van der Waals surface area (Å²) < 4.78 is 26.0. The first kappa shape index (κ1) is 32.9. The van der Waals surface area contributed by atoms with Crippen LogP contribution in [0.3, 0.4) is 0 Å². The molecule has 0 fully saturated rings. The first-order chi connectivity index (χ1) is 12.3. The van der Waals surface area contributed by atoms with E-state index in [2.05, 4.69) is 13.8 Å². The van der Waals surface area contributed by atoms with Gasteiger partial charge in [0, 0.05) is 0 Å². The van der Waals surface area contributed by atoms with E-state index in [1.165, 1.54) is 0 Å². The first-order valence-electron chi connectivity index (χ1n) is 8.68. The molecule has 0 N–H and O–H groups in total. The molecule has 0 aromatic rings. The molecule has 0 amide bonds. The SMILES string of the molecule is COC([CH2][Hg][Cl])C(C)([CH2][Hg][Cl])OC.COC([CH2][Hg][Cl])C(C)([CH2][Hg][Cl])OC. The summed E-state index contributed by atoms with van der Waals surface area (Å²) in [5.41, 5.74) is -0.347. The summed E-state index contributed by atoms with van der Waals surface area (Å²) in [4.78, 5) is 0. The van der Waals surface area contributed by atoms with E-state index in [-0.39, 0.29) is 23.4 Å². The van der Waals surface area contributed by atoms with Crippen LogP contribution in [0.2, 0.25) is 15.7 Å². The molecule has 0 aliphatic rings. The summed E-state index contributed by atoms with van der Waals surface area (Å²) in [6.45, 7) is 4.17. The van der Waals surface area contributed by atoms with Crippen LogP contribution in [0.1, 0.15) is 13.8 Å². The molecule has 0 saturated heterocycles. The van der Waals surface area contributed by atoms with Gasteiger partial charge in [0.15, 0.2) is 0 Å². The van der Waals surface area contributed by atoms with Gasteiger partial charge < -0.3 is 0 Å². The maximum atomic E-state index is 5.94. The summed E-state index contributed by atoms with van der Waals surface area (Å²) in [5.74, 6) is 0. The van der Waals surface area contributed by atoms with Crippen molar-refractivity contribution in [1.29, 1.82) is 0 Å². The molecule has 0 rings (SSSR count). The van der Waals surface area contributed by atoms with Gasteiger partial charge in [-0.1, -0.05) is 0 Å². The van der Waals surface area contributed by atoms with E-state index in [1.807, 2.05) is 0 Å². The molecule has 12 heteroatoms. The third kappa shape index (κ3) is 13.3. The molecule has 0 aromatic heterocycles. The van der Waals surface area contributed by atoms with Crippen molar-refractivity contribution < 1.29 is 112 Å². The fourth-order valence-corrected chi connectivity index (χ4v) is 27.9. The Morgan fingerprint density at radius 3 is 1.12 bits per heavy atom. The van der Waals surface area contributed by atoms with Crippen LogP contribution >= 0.6 is 33.0 Å². The van der Waals surface area contributed by atoms with Crippen molar-refractivity contribution >= 4 is 33.0 Å². The third-order valence-electron chi connectivity index (χ3n) is 4.79. The molecule has 0 bridgehead atoms. The molecule has 4 unspecified atom stereocenters. The van der Waals surface area contributed by atoms with Crippen molar-refractivity contribution in [3.8, 4) is 0 Å². The quantitative estimate of drug-likeness (QED) is 0.218. The maximum absolute atomic E-state index is 5.94. The minimum absolute atomic E-state index is 0.162. The number of rotatable bonds is 14. The average molecular weight is 1200 g/mol. The van der Waals surface area contributed by atoms with E-state index in [4.69, 9.17) is 51.9 Å². The zero-order chi connectivity index (χ0) is 20.6. The van der Waals surface area contributed by atoms with Gasteiger partial charge in [0.1, 0.15) is 0 Å². The Kier molecular flexibility index (Phi) is 25.8. The molecule has 0 saturated carbocycles. The van der Waals surface area contributed by atoms with Crippen molar-refractivity contribution in [2.45, 2.75) is 53.0 Å². The van der Waals surface area contributed by atoms with Crippen LogP contribution in [0.5, 0.6) is 0 Å². The number of methoxy groups -OCH3 is 4. The fraction of sp³-hybridized carbons (Fsp3) is 1.00. The van der Waals surface area contributed by atoms with Gasteiger partial charge in [-0.2, -0.15) is 0 Å². The van der Waals surface area contributed by atoms with Gasteiger partial charge in [-0.3, -0.25) is 0 Å². The topological polar surface area (TPSA) is 36.9 Å².